The van der Waals surface area contributed by atoms with Crippen LogP contribution in [0.25, 0.3) is 11.3 Å². The summed E-state index contributed by atoms with van der Waals surface area (Å²) in [5.41, 5.74) is -0.445. The van der Waals surface area contributed by atoms with Crippen molar-refractivity contribution >= 4 is 5.97 Å². The van der Waals surface area contributed by atoms with Crippen LogP contribution in [0.4, 0.5) is 17.6 Å². The van der Waals surface area contributed by atoms with Crippen LogP contribution in [0, 0.1) is 5.82 Å². The zero-order valence-electron chi connectivity index (χ0n) is 13.1. The van der Waals surface area contributed by atoms with Gasteiger partial charge in [-0.1, -0.05) is 17.3 Å². The highest BCUT2D eigenvalue weighted by molar-refractivity contribution is 5.89. The molecule has 0 radical (unpaired) electrons. The van der Waals surface area contributed by atoms with Crippen molar-refractivity contribution in [2.45, 2.75) is 12.8 Å². The first-order chi connectivity index (χ1) is 12.3. The molecule has 1 heterocycles. The van der Waals surface area contributed by atoms with Crippen molar-refractivity contribution in [3.8, 4) is 11.3 Å². The highest BCUT2D eigenvalue weighted by Gasteiger charge is 2.30. The molecule has 0 aliphatic rings. The average Bonchev–Trinajstić information content (AvgIpc) is 3.08. The second kappa shape index (κ2) is 6.99. The molecule has 1 aromatic heterocycles. The van der Waals surface area contributed by atoms with E-state index in [2.05, 4.69) is 5.16 Å². The second-order valence-corrected chi connectivity index (χ2v) is 5.31. The Bertz CT molecular complexity index is 917. The molecule has 0 amide bonds. The Kier molecular flexibility index (Phi) is 4.75. The summed E-state index contributed by atoms with van der Waals surface area (Å²) in [5.74, 6) is -1.13. The van der Waals surface area contributed by atoms with Gasteiger partial charge < -0.3 is 9.26 Å². The summed E-state index contributed by atoms with van der Waals surface area (Å²) in [7, 11) is 0. The van der Waals surface area contributed by atoms with Gasteiger partial charge in [0, 0.05) is 6.07 Å². The van der Waals surface area contributed by atoms with E-state index in [-0.39, 0.29) is 29.2 Å². The molecule has 26 heavy (non-hydrogen) atoms. The smallest absolute Gasteiger partial charge is 0.416 e. The Hall–Kier alpha value is -3.16. The zero-order valence-corrected chi connectivity index (χ0v) is 13.1. The number of hydrogen-bond acceptors (Lipinski definition) is 4. The minimum absolute atomic E-state index is 0.0316. The quantitative estimate of drug-likeness (QED) is 0.490. The molecule has 0 aliphatic heterocycles. The summed E-state index contributed by atoms with van der Waals surface area (Å²) < 4.78 is 61.2. The number of benzene rings is 2. The van der Waals surface area contributed by atoms with E-state index in [1.165, 1.54) is 24.3 Å². The monoisotopic (exact) mass is 365 g/mol. The fourth-order valence-electron chi connectivity index (χ4n) is 2.19. The summed E-state index contributed by atoms with van der Waals surface area (Å²) in [6.07, 6.45) is -4.48. The zero-order chi connectivity index (χ0) is 18.7. The van der Waals surface area contributed by atoms with Crippen LogP contribution in [0.1, 0.15) is 21.6 Å². The fourth-order valence-corrected chi connectivity index (χ4v) is 2.19. The van der Waals surface area contributed by atoms with E-state index < -0.39 is 23.5 Å². The van der Waals surface area contributed by atoms with Crippen LogP contribution in [0.15, 0.2) is 59.1 Å². The van der Waals surface area contributed by atoms with Crippen molar-refractivity contribution in [1.29, 1.82) is 0 Å². The number of nitrogens with zero attached hydrogens (tertiary/aromatic N) is 1. The van der Waals surface area contributed by atoms with Crippen molar-refractivity contribution in [3.05, 3.63) is 77.2 Å². The first kappa shape index (κ1) is 17.7. The molecule has 0 bridgehead atoms. The molecule has 134 valence electrons. The molecule has 4 nitrogen and oxygen atoms in total. The lowest BCUT2D eigenvalue weighted by Crippen LogP contribution is -2.08. The maximum Gasteiger partial charge on any atom is 0.416 e. The minimum Gasteiger partial charge on any atom is -0.455 e. The van der Waals surface area contributed by atoms with E-state index >= 15 is 0 Å². The highest BCUT2D eigenvalue weighted by Crippen LogP contribution is 2.29. The molecular weight excluding hydrogens is 354 g/mol. The minimum atomic E-state index is -4.48. The summed E-state index contributed by atoms with van der Waals surface area (Å²) in [6.45, 7) is -0.266. The lowest BCUT2D eigenvalue weighted by molar-refractivity contribution is -0.137. The second-order valence-electron chi connectivity index (χ2n) is 5.31. The van der Waals surface area contributed by atoms with Gasteiger partial charge in [-0.05, 0) is 36.4 Å². The molecule has 8 heteroatoms. The third-order valence-corrected chi connectivity index (χ3v) is 3.50. The van der Waals surface area contributed by atoms with E-state index in [1.807, 2.05) is 0 Å². The summed E-state index contributed by atoms with van der Waals surface area (Å²) in [6, 6.07) is 11.0. The third-order valence-electron chi connectivity index (χ3n) is 3.50. The van der Waals surface area contributed by atoms with Crippen LogP contribution >= 0.6 is 0 Å². The molecule has 0 unspecified atom stereocenters. The molecular formula is C18H11F4NO3. The van der Waals surface area contributed by atoms with Gasteiger partial charge in [-0.3, -0.25) is 0 Å². The van der Waals surface area contributed by atoms with E-state index in [9.17, 15) is 22.4 Å². The standard InChI is InChI=1S/C18H11F4NO3/c19-15-4-2-1-3-14(15)16-9-13(23-26-16)10-25-17(24)11-5-7-12(8-6-11)18(20,21)22/h1-9H,10H2. The third kappa shape index (κ3) is 3.90. The normalized spacial score (nSPS) is 11.4. The molecule has 0 atom stereocenters. The molecule has 3 aromatic rings. The predicted octanol–water partition coefficient (Wildman–Crippen LogP) is 4.86. The number of carbonyl (C=O) groups is 1. The van der Waals surface area contributed by atoms with Crippen molar-refractivity contribution in [2.75, 3.05) is 0 Å². The maximum absolute atomic E-state index is 13.7. The molecule has 0 saturated carbocycles. The number of alkyl halides is 3. The largest absolute Gasteiger partial charge is 0.455 e. The number of esters is 1. The van der Waals surface area contributed by atoms with E-state index in [0.29, 0.717) is 0 Å². The van der Waals surface area contributed by atoms with E-state index in [4.69, 9.17) is 9.26 Å². The average molecular weight is 365 g/mol. The number of ether oxygens (including phenoxy) is 1. The first-order valence-electron chi connectivity index (χ1n) is 7.39. The van der Waals surface area contributed by atoms with Crippen LogP contribution in [-0.2, 0) is 17.5 Å². The van der Waals surface area contributed by atoms with Crippen LogP contribution in [0.5, 0.6) is 0 Å². The van der Waals surface area contributed by atoms with Gasteiger partial charge in [0.05, 0.1) is 16.7 Å². The summed E-state index contributed by atoms with van der Waals surface area (Å²) in [4.78, 5) is 11.9. The number of carbonyl (C=O) groups excluding carboxylic acids is 1. The van der Waals surface area contributed by atoms with Gasteiger partial charge in [-0.2, -0.15) is 13.2 Å². The molecule has 0 aliphatic carbocycles. The molecule has 3 rings (SSSR count). The van der Waals surface area contributed by atoms with Crippen molar-refractivity contribution < 1.29 is 31.6 Å². The summed E-state index contributed by atoms with van der Waals surface area (Å²) in [5, 5.41) is 3.68. The van der Waals surface area contributed by atoms with Crippen molar-refractivity contribution in [3.63, 3.8) is 0 Å². The van der Waals surface area contributed by atoms with Gasteiger partial charge in [-0.25, -0.2) is 9.18 Å². The van der Waals surface area contributed by atoms with Gasteiger partial charge in [0.15, 0.2) is 5.76 Å². The Labute approximate surface area is 145 Å². The van der Waals surface area contributed by atoms with Crippen molar-refractivity contribution in [1.82, 2.24) is 5.16 Å². The van der Waals surface area contributed by atoms with Gasteiger partial charge in [-0.15, -0.1) is 0 Å². The number of hydrogen-bond donors (Lipinski definition) is 0. The number of halogens is 4. The van der Waals surface area contributed by atoms with Crippen molar-refractivity contribution in [2.24, 2.45) is 0 Å². The van der Waals surface area contributed by atoms with Crippen LogP contribution in [0.2, 0.25) is 0 Å². The SMILES string of the molecule is O=C(OCc1cc(-c2ccccc2F)on1)c1ccc(C(F)(F)F)cc1. The van der Waals surface area contributed by atoms with Gasteiger partial charge in [0.2, 0.25) is 0 Å². The molecule has 0 N–H and O–H groups in total. The number of aromatic nitrogens is 1. The Balaban J connectivity index is 1.64. The van der Waals surface area contributed by atoms with Gasteiger partial charge in [0.25, 0.3) is 0 Å². The summed E-state index contributed by atoms with van der Waals surface area (Å²) >= 11 is 0. The lowest BCUT2D eigenvalue weighted by Gasteiger charge is -2.07. The number of rotatable bonds is 4. The highest BCUT2D eigenvalue weighted by atomic mass is 19.4. The fraction of sp³-hybridized carbons (Fsp3) is 0.111. The van der Waals surface area contributed by atoms with Crippen LogP contribution < -0.4 is 0 Å². The molecule has 2 aromatic carbocycles. The van der Waals surface area contributed by atoms with Gasteiger partial charge >= 0.3 is 12.1 Å². The van der Waals surface area contributed by atoms with Gasteiger partial charge in [0.1, 0.15) is 18.1 Å². The predicted molar refractivity (Wildman–Crippen MR) is 82.5 cm³/mol. The molecule has 0 fully saturated rings. The Morgan fingerprint density at radius 2 is 1.77 bits per heavy atom. The maximum atomic E-state index is 13.7. The van der Waals surface area contributed by atoms with Crippen LogP contribution in [-0.4, -0.2) is 11.1 Å². The van der Waals surface area contributed by atoms with E-state index in [0.717, 1.165) is 24.3 Å². The Morgan fingerprint density at radius 3 is 2.42 bits per heavy atom. The Morgan fingerprint density at radius 1 is 1.08 bits per heavy atom. The molecule has 0 spiro atoms. The molecule has 0 saturated heterocycles. The van der Waals surface area contributed by atoms with Crippen LogP contribution in [0.3, 0.4) is 0 Å². The lowest BCUT2D eigenvalue weighted by atomic mass is 10.1. The van der Waals surface area contributed by atoms with E-state index in [1.54, 1.807) is 6.07 Å². The first-order valence-corrected chi connectivity index (χ1v) is 7.39. The topological polar surface area (TPSA) is 52.3 Å².